The van der Waals surface area contributed by atoms with Crippen LogP contribution in [-0.2, 0) is 22.0 Å². The van der Waals surface area contributed by atoms with Gasteiger partial charge in [0.2, 0.25) is 10.0 Å². The van der Waals surface area contributed by atoms with Crippen LogP contribution in [0.2, 0.25) is 0 Å². The molecule has 0 amide bonds. The van der Waals surface area contributed by atoms with Gasteiger partial charge in [0.1, 0.15) is 11.5 Å². The lowest BCUT2D eigenvalue weighted by Crippen LogP contribution is -2.30. The van der Waals surface area contributed by atoms with Crippen molar-refractivity contribution in [1.82, 2.24) is 9.88 Å². The van der Waals surface area contributed by atoms with Crippen LogP contribution < -0.4 is 4.72 Å². The topological polar surface area (TPSA) is 103 Å². The molecule has 1 aromatic heterocycles. The number of anilines is 1. The first-order chi connectivity index (χ1) is 15.0. The summed E-state index contributed by atoms with van der Waals surface area (Å²) in [6, 6.07) is 9.16. The molecule has 0 spiro atoms. The molecule has 8 heteroatoms. The van der Waals surface area contributed by atoms with Crippen molar-refractivity contribution in [3.63, 3.8) is 0 Å². The van der Waals surface area contributed by atoms with Crippen molar-refractivity contribution in [2.45, 2.75) is 58.4 Å². The van der Waals surface area contributed by atoms with E-state index < -0.39 is 10.0 Å². The second-order valence-corrected chi connectivity index (χ2v) is 11.7. The maximum absolute atomic E-state index is 13.1. The van der Waals surface area contributed by atoms with Gasteiger partial charge in [-0.3, -0.25) is 14.9 Å². The number of nitrogens with zero attached hydrogens (tertiary/aromatic N) is 2. The SMILES string of the molecule is CCS(=O)(=O)Nc1ccc(C(=O)CN2Cc3ccc(C4CC4)nc3C2=N)cc1C(C)(C)C. The zero-order valence-electron chi connectivity index (χ0n) is 19.0. The molecule has 1 saturated carbocycles. The van der Waals surface area contributed by atoms with Crippen LogP contribution in [0.25, 0.3) is 0 Å². The number of amidine groups is 1. The standard InChI is InChI=1S/C24H30N4O3S/c1-5-32(30,31)27-20-11-8-16(12-18(20)24(2,3)4)21(29)14-28-13-17-9-10-19(15-6-7-15)26-22(17)23(28)25/h8-12,15,25,27H,5-7,13-14H2,1-4H3. The molecule has 2 heterocycles. The molecule has 170 valence electrons. The largest absolute Gasteiger partial charge is 0.343 e. The van der Waals surface area contributed by atoms with E-state index in [1.54, 1.807) is 30.0 Å². The van der Waals surface area contributed by atoms with Gasteiger partial charge in [0.15, 0.2) is 5.78 Å². The van der Waals surface area contributed by atoms with E-state index in [-0.39, 0.29) is 23.5 Å². The minimum Gasteiger partial charge on any atom is -0.343 e. The number of benzene rings is 1. The summed E-state index contributed by atoms with van der Waals surface area (Å²) in [5.74, 6) is 0.675. The number of rotatable bonds is 7. The van der Waals surface area contributed by atoms with Gasteiger partial charge < -0.3 is 4.90 Å². The summed E-state index contributed by atoms with van der Waals surface area (Å²) in [6.07, 6.45) is 2.31. The average Bonchev–Trinajstić information content (AvgIpc) is 3.53. The Labute approximate surface area is 189 Å². The molecule has 0 bridgehead atoms. The molecule has 1 aliphatic heterocycles. The molecule has 32 heavy (non-hydrogen) atoms. The Morgan fingerprint density at radius 2 is 1.94 bits per heavy atom. The van der Waals surface area contributed by atoms with Crippen LogP contribution in [0.4, 0.5) is 5.69 Å². The van der Waals surface area contributed by atoms with E-state index >= 15 is 0 Å². The highest BCUT2D eigenvalue weighted by atomic mass is 32.2. The minimum atomic E-state index is -3.43. The molecule has 2 aliphatic rings. The van der Waals surface area contributed by atoms with Crippen molar-refractivity contribution in [1.29, 1.82) is 5.41 Å². The number of hydrogen-bond donors (Lipinski definition) is 2. The van der Waals surface area contributed by atoms with Gasteiger partial charge in [-0.05, 0) is 55.0 Å². The molecule has 0 saturated heterocycles. The van der Waals surface area contributed by atoms with Crippen LogP contribution in [0.3, 0.4) is 0 Å². The Morgan fingerprint density at radius 1 is 1.22 bits per heavy atom. The fraction of sp³-hybridized carbons (Fsp3) is 0.458. The fourth-order valence-electron chi connectivity index (χ4n) is 3.94. The maximum Gasteiger partial charge on any atom is 0.232 e. The summed E-state index contributed by atoms with van der Waals surface area (Å²) in [5.41, 5.74) is 4.10. The number of aromatic nitrogens is 1. The van der Waals surface area contributed by atoms with Gasteiger partial charge in [0.25, 0.3) is 0 Å². The summed E-state index contributed by atoms with van der Waals surface area (Å²) in [6.45, 7) is 8.11. The number of Topliss-reactive ketones (excluding diaryl/α,β-unsaturated/α-hetero) is 1. The van der Waals surface area contributed by atoms with Gasteiger partial charge in [-0.2, -0.15) is 0 Å². The van der Waals surface area contributed by atoms with Crippen molar-refractivity contribution in [3.05, 3.63) is 58.4 Å². The molecule has 0 atom stereocenters. The average molecular weight is 455 g/mol. The number of carbonyl (C=O) groups excluding carboxylic acids is 1. The summed E-state index contributed by atoms with van der Waals surface area (Å²) >= 11 is 0. The zero-order chi connectivity index (χ0) is 23.3. The normalized spacial score (nSPS) is 16.2. The Balaban J connectivity index is 1.55. The number of hydrogen-bond acceptors (Lipinski definition) is 5. The van der Waals surface area contributed by atoms with Crippen LogP contribution in [-0.4, -0.2) is 42.2 Å². The molecule has 0 radical (unpaired) electrons. The second-order valence-electron chi connectivity index (χ2n) is 9.66. The molecule has 2 aromatic rings. The van der Waals surface area contributed by atoms with Crippen molar-refractivity contribution in [2.24, 2.45) is 0 Å². The van der Waals surface area contributed by atoms with Crippen LogP contribution in [0.1, 0.15) is 79.3 Å². The smallest absolute Gasteiger partial charge is 0.232 e. The Hall–Kier alpha value is -2.74. The van der Waals surface area contributed by atoms with E-state index in [0.29, 0.717) is 35.2 Å². The second kappa shape index (κ2) is 7.99. The fourth-order valence-corrected chi connectivity index (χ4v) is 4.60. The Morgan fingerprint density at radius 3 is 2.56 bits per heavy atom. The molecular weight excluding hydrogens is 424 g/mol. The predicted octanol–water partition coefficient (Wildman–Crippen LogP) is 4.04. The predicted molar refractivity (Wildman–Crippen MR) is 126 cm³/mol. The quantitative estimate of drug-likeness (QED) is 0.615. The summed E-state index contributed by atoms with van der Waals surface area (Å²) in [7, 11) is -3.43. The first kappa shape index (κ1) is 22.5. The first-order valence-electron chi connectivity index (χ1n) is 11.0. The number of ketones is 1. The van der Waals surface area contributed by atoms with Crippen LogP contribution >= 0.6 is 0 Å². The third kappa shape index (κ3) is 4.55. The lowest BCUT2D eigenvalue weighted by molar-refractivity contribution is 0.0962. The summed E-state index contributed by atoms with van der Waals surface area (Å²) in [4.78, 5) is 19.6. The lowest BCUT2D eigenvalue weighted by Gasteiger charge is -2.24. The number of nitrogens with one attached hydrogen (secondary N) is 2. The minimum absolute atomic E-state index is 0.0224. The zero-order valence-corrected chi connectivity index (χ0v) is 19.8. The summed E-state index contributed by atoms with van der Waals surface area (Å²) < 4.78 is 26.8. The molecule has 0 unspecified atom stereocenters. The molecule has 7 nitrogen and oxygen atoms in total. The maximum atomic E-state index is 13.1. The molecule has 1 aromatic carbocycles. The van der Waals surface area contributed by atoms with Crippen molar-refractivity contribution < 1.29 is 13.2 Å². The van der Waals surface area contributed by atoms with Crippen LogP contribution in [0, 0.1) is 5.41 Å². The highest BCUT2D eigenvalue weighted by Crippen LogP contribution is 2.40. The van der Waals surface area contributed by atoms with Crippen molar-refractivity contribution >= 4 is 27.3 Å². The molecule has 4 rings (SSSR count). The van der Waals surface area contributed by atoms with Crippen LogP contribution in [0.5, 0.6) is 0 Å². The van der Waals surface area contributed by atoms with Gasteiger partial charge in [-0.15, -0.1) is 0 Å². The molecule has 2 N–H and O–H groups in total. The summed E-state index contributed by atoms with van der Waals surface area (Å²) in [5, 5.41) is 8.53. The molecular formula is C24H30N4O3S. The van der Waals surface area contributed by atoms with E-state index in [9.17, 15) is 13.2 Å². The van der Waals surface area contributed by atoms with E-state index in [4.69, 9.17) is 5.41 Å². The van der Waals surface area contributed by atoms with Gasteiger partial charge in [-0.1, -0.05) is 26.8 Å². The molecule has 1 aliphatic carbocycles. The monoisotopic (exact) mass is 454 g/mol. The molecule has 1 fully saturated rings. The number of sulfonamides is 1. The van der Waals surface area contributed by atoms with Gasteiger partial charge in [-0.25, -0.2) is 13.4 Å². The number of fused-ring (bicyclic) bond motifs is 1. The number of carbonyl (C=O) groups is 1. The Kier molecular flexibility index (Phi) is 5.61. The first-order valence-corrected chi connectivity index (χ1v) is 12.7. The van der Waals surface area contributed by atoms with Crippen LogP contribution in [0.15, 0.2) is 30.3 Å². The lowest BCUT2D eigenvalue weighted by atomic mass is 9.84. The van der Waals surface area contributed by atoms with E-state index in [1.165, 1.54) is 0 Å². The van der Waals surface area contributed by atoms with E-state index in [1.807, 2.05) is 32.9 Å². The van der Waals surface area contributed by atoms with E-state index in [0.717, 1.165) is 29.7 Å². The third-order valence-electron chi connectivity index (χ3n) is 6.03. The Bertz CT molecular complexity index is 1190. The van der Waals surface area contributed by atoms with Gasteiger partial charge >= 0.3 is 0 Å². The van der Waals surface area contributed by atoms with Crippen molar-refractivity contribution in [3.8, 4) is 0 Å². The third-order valence-corrected chi connectivity index (χ3v) is 7.32. The number of pyridine rings is 1. The highest BCUT2D eigenvalue weighted by molar-refractivity contribution is 7.92. The van der Waals surface area contributed by atoms with E-state index in [2.05, 4.69) is 9.71 Å². The van der Waals surface area contributed by atoms with Gasteiger partial charge in [0, 0.05) is 29.3 Å². The van der Waals surface area contributed by atoms with Crippen molar-refractivity contribution in [2.75, 3.05) is 17.0 Å². The highest BCUT2D eigenvalue weighted by Gasteiger charge is 2.31. The van der Waals surface area contributed by atoms with Gasteiger partial charge in [0.05, 0.1) is 18.0 Å².